The molecular formula is C24H40N2O4. The lowest BCUT2D eigenvalue weighted by molar-refractivity contribution is -0.132. The van der Waals surface area contributed by atoms with Crippen molar-refractivity contribution >= 4 is 11.8 Å². The van der Waals surface area contributed by atoms with Crippen molar-refractivity contribution in [1.82, 2.24) is 10.6 Å². The van der Waals surface area contributed by atoms with Crippen LogP contribution in [0.15, 0.2) is 18.2 Å². The van der Waals surface area contributed by atoms with Crippen LogP contribution >= 0.6 is 0 Å². The second-order valence-corrected chi connectivity index (χ2v) is 9.70. The van der Waals surface area contributed by atoms with E-state index in [-0.39, 0.29) is 11.8 Å². The lowest BCUT2D eigenvalue weighted by atomic mass is 9.94. The van der Waals surface area contributed by atoms with E-state index < -0.39 is 17.0 Å². The molecule has 0 fully saturated rings. The van der Waals surface area contributed by atoms with E-state index in [4.69, 9.17) is 9.47 Å². The van der Waals surface area contributed by atoms with Crippen LogP contribution in [0.25, 0.3) is 0 Å². The zero-order chi connectivity index (χ0) is 22.9. The summed E-state index contributed by atoms with van der Waals surface area (Å²) in [6, 6.07) is 5.46. The first-order chi connectivity index (χ1) is 13.9. The van der Waals surface area contributed by atoms with Gasteiger partial charge in [-0.1, -0.05) is 73.8 Å². The van der Waals surface area contributed by atoms with Crippen molar-refractivity contribution in [2.24, 2.45) is 10.8 Å². The molecule has 0 radical (unpaired) electrons. The van der Waals surface area contributed by atoms with E-state index in [0.29, 0.717) is 18.1 Å². The Morgan fingerprint density at radius 3 is 1.93 bits per heavy atom. The minimum Gasteiger partial charge on any atom is -0.493 e. The predicted octanol–water partition coefficient (Wildman–Crippen LogP) is 4.98. The van der Waals surface area contributed by atoms with Gasteiger partial charge in [-0.2, -0.15) is 0 Å². The Hall–Kier alpha value is -2.24. The number of carbonyl (C=O) groups excluding carboxylic acids is 2. The van der Waals surface area contributed by atoms with E-state index in [2.05, 4.69) is 17.6 Å². The first-order valence-electron chi connectivity index (χ1n) is 10.8. The maximum absolute atomic E-state index is 12.6. The van der Waals surface area contributed by atoms with Gasteiger partial charge >= 0.3 is 0 Å². The monoisotopic (exact) mass is 420 g/mol. The maximum atomic E-state index is 12.6. The van der Waals surface area contributed by atoms with Crippen molar-refractivity contribution in [3.8, 4) is 11.5 Å². The third-order valence-electron chi connectivity index (χ3n) is 4.69. The number of unbranched alkanes of at least 4 members (excludes halogenated alkanes) is 3. The highest BCUT2D eigenvalue weighted by molar-refractivity contribution is 5.84. The zero-order valence-electron chi connectivity index (χ0n) is 20.0. The molecule has 0 atom stereocenters. The van der Waals surface area contributed by atoms with Crippen LogP contribution in [0.5, 0.6) is 11.5 Å². The molecule has 0 unspecified atom stereocenters. The molecule has 2 N–H and O–H groups in total. The number of benzene rings is 1. The molecular weight excluding hydrogens is 380 g/mol. The van der Waals surface area contributed by atoms with Crippen LogP contribution in [-0.4, -0.2) is 25.5 Å². The van der Waals surface area contributed by atoms with Gasteiger partial charge in [-0.15, -0.1) is 0 Å². The molecule has 0 heterocycles. The maximum Gasteiger partial charge on any atom is 0.227 e. The highest BCUT2D eigenvalue weighted by atomic mass is 16.5. The molecule has 1 aromatic carbocycles. The van der Waals surface area contributed by atoms with Crippen LogP contribution in [0.1, 0.15) is 85.9 Å². The normalized spacial score (nSPS) is 11.9. The second kappa shape index (κ2) is 11.2. The van der Waals surface area contributed by atoms with Crippen LogP contribution in [-0.2, 0) is 9.59 Å². The summed E-state index contributed by atoms with van der Waals surface area (Å²) in [4.78, 5) is 25.3. The lowest BCUT2D eigenvalue weighted by Crippen LogP contribution is -2.47. The summed E-state index contributed by atoms with van der Waals surface area (Å²) in [6.07, 6.45) is 3.76. The molecule has 6 nitrogen and oxygen atoms in total. The number of methoxy groups -OCH3 is 1. The first kappa shape index (κ1) is 25.8. The smallest absolute Gasteiger partial charge is 0.227 e. The third kappa shape index (κ3) is 8.25. The van der Waals surface area contributed by atoms with E-state index in [0.717, 1.165) is 18.4 Å². The first-order valence-corrected chi connectivity index (χ1v) is 10.8. The highest BCUT2D eigenvalue weighted by Crippen LogP contribution is 2.31. The van der Waals surface area contributed by atoms with Crippen molar-refractivity contribution in [3.05, 3.63) is 23.8 Å². The Morgan fingerprint density at radius 2 is 1.47 bits per heavy atom. The zero-order valence-corrected chi connectivity index (χ0v) is 20.0. The lowest BCUT2D eigenvalue weighted by Gasteiger charge is -2.28. The van der Waals surface area contributed by atoms with Gasteiger partial charge < -0.3 is 20.1 Å². The Kier molecular flexibility index (Phi) is 9.66. The molecule has 6 heteroatoms. The molecule has 30 heavy (non-hydrogen) atoms. The average Bonchev–Trinajstić information content (AvgIpc) is 2.65. The van der Waals surface area contributed by atoms with Crippen LogP contribution < -0.4 is 20.1 Å². The standard InChI is InChI=1S/C24H40N2O4/c1-9-10-11-12-15-30-19-16-17(13-14-18(19)29-8)20(25-21(27)23(2,3)4)26-22(28)24(5,6)7/h13-14,16,20H,9-12,15H2,1-8H3,(H,25,27)(H,26,28). The van der Waals surface area contributed by atoms with Crippen LogP contribution in [0.3, 0.4) is 0 Å². The minimum absolute atomic E-state index is 0.153. The summed E-state index contributed by atoms with van der Waals surface area (Å²) in [5, 5.41) is 5.92. The number of nitrogens with one attached hydrogen (secondary N) is 2. The van der Waals surface area contributed by atoms with Gasteiger partial charge in [0.15, 0.2) is 11.5 Å². The van der Waals surface area contributed by atoms with E-state index in [9.17, 15) is 9.59 Å². The summed E-state index contributed by atoms with van der Waals surface area (Å²) >= 11 is 0. The van der Waals surface area contributed by atoms with Crippen molar-refractivity contribution < 1.29 is 19.1 Å². The van der Waals surface area contributed by atoms with Crippen molar-refractivity contribution in [2.75, 3.05) is 13.7 Å². The highest BCUT2D eigenvalue weighted by Gasteiger charge is 2.29. The van der Waals surface area contributed by atoms with Crippen LogP contribution in [0, 0.1) is 10.8 Å². The van der Waals surface area contributed by atoms with Crippen molar-refractivity contribution in [2.45, 2.75) is 80.3 Å². The van der Waals surface area contributed by atoms with Crippen molar-refractivity contribution in [3.63, 3.8) is 0 Å². The molecule has 0 aliphatic heterocycles. The quantitative estimate of drug-likeness (QED) is 0.413. The molecule has 170 valence electrons. The summed E-state index contributed by atoms with van der Waals surface area (Å²) in [6.45, 7) is 13.8. The Labute approximate surface area is 182 Å². The molecule has 0 saturated heterocycles. The molecule has 2 amide bonds. The van der Waals surface area contributed by atoms with Crippen LogP contribution in [0.4, 0.5) is 0 Å². The van der Waals surface area contributed by atoms with Gasteiger partial charge in [0.25, 0.3) is 0 Å². The molecule has 0 saturated carbocycles. The van der Waals surface area contributed by atoms with Crippen molar-refractivity contribution in [1.29, 1.82) is 0 Å². The van der Waals surface area contributed by atoms with Crippen LogP contribution in [0.2, 0.25) is 0 Å². The minimum atomic E-state index is -0.670. The average molecular weight is 421 g/mol. The van der Waals surface area contributed by atoms with Gasteiger partial charge in [-0.05, 0) is 24.1 Å². The molecule has 0 aliphatic carbocycles. The van der Waals surface area contributed by atoms with Gasteiger partial charge in [0.1, 0.15) is 6.17 Å². The fraction of sp³-hybridized carbons (Fsp3) is 0.667. The van der Waals surface area contributed by atoms with E-state index >= 15 is 0 Å². The van der Waals surface area contributed by atoms with Gasteiger partial charge in [-0.25, -0.2) is 0 Å². The number of carbonyl (C=O) groups is 2. The number of ether oxygens (including phenoxy) is 2. The van der Waals surface area contributed by atoms with Gasteiger partial charge in [0.2, 0.25) is 11.8 Å². The van der Waals surface area contributed by atoms with Gasteiger partial charge in [0.05, 0.1) is 13.7 Å². The summed E-state index contributed by atoms with van der Waals surface area (Å²) in [7, 11) is 1.60. The summed E-state index contributed by atoms with van der Waals surface area (Å²) in [5.74, 6) is 0.919. The SMILES string of the molecule is CCCCCCOc1cc(C(NC(=O)C(C)(C)C)NC(=O)C(C)(C)C)ccc1OC. The summed E-state index contributed by atoms with van der Waals surface area (Å²) < 4.78 is 11.4. The molecule has 0 aliphatic rings. The van der Waals surface area contributed by atoms with E-state index in [1.807, 2.05) is 53.7 Å². The fourth-order valence-corrected chi connectivity index (χ4v) is 2.59. The van der Waals surface area contributed by atoms with E-state index in [1.165, 1.54) is 12.8 Å². The second-order valence-electron chi connectivity index (χ2n) is 9.70. The number of hydrogen-bond acceptors (Lipinski definition) is 4. The number of hydrogen-bond donors (Lipinski definition) is 2. The molecule has 0 bridgehead atoms. The van der Waals surface area contributed by atoms with Gasteiger partial charge in [0, 0.05) is 10.8 Å². The molecule has 0 spiro atoms. The fourth-order valence-electron chi connectivity index (χ4n) is 2.59. The van der Waals surface area contributed by atoms with E-state index in [1.54, 1.807) is 13.2 Å². The third-order valence-corrected chi connectivity index (χ3v) is 4.69. The largest absolute Gasteiger partial charge is 0.493 e. The van der Waals surface area contributed by atoms with Gasteiger partial charge in [-0.3, -0.25) is 9.59 Å². The molecule has 0 aromatic heterocycles. The summed E-state index contributed by atoms with van der Waals surface area (Å²) in [5.41, 5.74) is -0.444. The number of rotatable bonds is 10. The number of amides is 2. The topological polar surface area (TPSA) is 76.7 Å². The Balaban J connectivity index is 3.13. The molecule has 1 aromatic rings. The molecule has 1 rings (SSSR count). The Morgan fingerprint density at radius 1 is 0.900 bits per heavy atom. The predicted molar refractivity (Wildman–Crippen MR) is 121 cm³/mol. The Bertz CT molecular complexity index is 674.